The number of methoxy groups -OCH3 is 1. The van der Waals surface area contributed by atoms with E-state index in [1.54, 1.807) is 43.5 Å². The second-order valence-electron chi connectivity index (χ2n) is 7.34. The van der Waals surface area contributed by atoms with Crippen LogP contribution < -0.4 is 14.2 Å². The highest BCUT2D eigenvalue weighted by atomic mass is 32.2. The van der Waals surface area contributed by atoms with Gasteiger partial charge >= 0.3 is 0 Å². The fourth-order valence-corrected chi connectivity index (χ4v) is 4.16. The fraction of sp³-hybridized carbons (Fsp3) is 0.259. The minimum Gasteiger partial charge on any atom is -0.493 e. The van der Waals surface area contributed by atoms with Crippen LogP contribution in [0.3, 0.4) is 0 Å². The van der Waals surface area contributed by atoms with Crippen molar-refractivity contribution in [1.82, 2.24) is 4.90 Å². The van der Waals surface area contributed by atoms with Gasteiger partial charge in [-0.15, -0.1) is 0 Å². The van der Waals surface area contributed by atoms with Gasteiger partial charge in [-0.3, -0.25) is 14.5 Å². The average molecular weight is 497 g/mol. The van der Waals surface area contributed by atoms with E-state index in [2.05, 4.69) is 4.72 Å². The standard InChI is InChI=1S/C25H23FN2O4S.C2H6/c1-3-16-8-10-22(23(14-16)31-2)32-21-11-9-17(15-20(21)26)27-33-13-12-28-24(29)18-6-4-5-7-19(18)25(28)30;1-2/h4-11,14-15,27H,3,12-13H2,1-2H3;1-2H3. The lowest BCUT2D eigenvalue weighted by atomic mass is 10.1. The van der Waals surface area contributed by atoms with Gasteiger partial charge in [-0.25, -0.2) is 4.39 Å². The molecule has 0 fully saturated rings. The van der Waals surface area contributed by atoms with Crippen LogP contribution in [-0.4, -0.2) is 36.1 Å². The molecular weight excluding hydrogens is 467 g/mol. The molecule has 1 heterocycles. The maximum Gasteiger partial charge on any atom is 0.261 e. The maximum absolute atomic E-state index is 14.6. The number of anilines is 1. The summed E-state index contributed by atoms with van der Waals surface area (Å²) in [7, 11) is 1.55. The molecule has 1 aliphatic rings. The van der Waals surface area contributed by atoms with Crippen LogP contribution in [0, 0.1) is 5.82 Å². The molecule has 1 N–H and O–H groups in total. The number of carbonyl (C=O) groups excluding carboxylic acids is 2. The van der Waals surface area contributed by atoms with Crippen molar-refractivity contribution in [2.75, 3.05) is 24.1 Å². The van der Waals surface area contributed by atoms with Crippen LogP contribution in [0.2, 0.25) is 0 Å². The quantitative estimate of drug-likeness (QED) is 0.205. The number of imide groups is 1. The van der Waals surface area contributed by atoms with Crippen LogP contribution in [0.5, 0.6) is 17.2 Å². The zero-order chi connectivity index (χ0) is 25.4. The molecule has 0 saturated carbocycles. The zero-order valence-corrected chi connectivity index (χ0v) is 21.1. The van der Waals surface area contributed by atoms with Crippen molar-refractivity contribution < 1.29 is 23.5 Å². The average Bonchev–Trinajstić information content (AvgIpc) is 3.14. The summed E-state index contributed by atoms with van der Waals surface area (Å²) in [4.78, 5) is 26.0. The molecule has 6 nitrogen and oxygen atoms in total. The number of nitrogens with one attached hydrogen (secondary N) is 1. The first-order valence-electron chi connectivity index (χ1n) is 11.5. The number of halogens is 1. The lowest BCUT2D eigenvalue weighted by Gasteiger charge is -2.14. The van der Waals surface area contributed by atoms with Crippen LogP contribution in [0.1, 0.15) is 47.1 Å². The predicted octanol–water partition coefficient (Wildman–Crippen LogP) is 6.57. The van der Waals surface area contributed by atoms with Gasteiger partial charge in [0, 0.05) is 24.1 Å². The number of hydrogen-bond donors (Lipinski definition) is 1. The molecule has 0 atom stereocenters. The second-order valence-corrected chi connectivity index (χ2v) is 8.25. The van der Waals surface area contributed by atoms with Gasteiger partial charge in [0.15, 0.2) is 23.1 Å². The summed E-state index contributed by atoms with van der Waals surface area (Å²) in [5.41, 5.74) is 2.50. The van der Waals surface area contributed by atoms with Crippen LogP contribution in [0.15, 0.2) is 60.7 Å². The Morgan fingerprint density at radius 3 is 2.17 bits per heavy atom. The Morgan fingerprint density at radius 2 is 1.57 bits per heavy atom. The van der Waals surface area contributed by atoms with E-state index in [9.17, 15) is 14.0 Å². The van der Waals surface area contributed by atoms with Gasteiger partial charge < -0.3 is 14.2 Å². The fourth-order valence-electron chi connectivity index (χ4n) is 3.50. The highest BCUT2D eigenvalue weighted by molar-refractivity contribution is 8.00. The minimum absolute atomic E-state index is 0.0825. The first kappa shape index (κ1) is 26.1. The van der Waals surface area contributed by atoms with E-state index < -0.39 is 5.82 Å². The number of hydrogen-bond acceptors (Lipinski definition) is 6. The van der Waals surface area contributed by atoms with Crippen LogP contribution in [-0.2, 0) is 6.42 Å². The molecule has 0 aliphatic carbocycles. The molecule has 0 spiro atoms. The van der Waals surface area contributed by atoms with E-state index in [0.717, 1.165) is 12.0 Å². The summed E-state index contributed by atoms with van der Waals surface area (Å²) in [6, 6.07) is 16.9. The third-order valence-electron chi connectivity index (χ3n) is 5.27. The molecule has 4 rings (SSSR count). The number of benzene rings is 3. The maximum atomic E-state index is 14.6. The van der Waals surface area contributed by atoms with E-state index in [0.29, 0.717) is 34.1 Å². The van der Waals surface area contributed by atoms with Crippen molar-refractivity contribution in [3.63, 3.8) is 0 Å². The molecule has 8 heteroatoms. The van der Waals surface area contributed by atoms with Gasteiger partial charge in [-0.1, -0.05) is 50.9 Å². The van der Waals surface area contributed by atoms with Crippen molar-refractivity contribution >= 4 is 29.4 Å². The van der Waals surface area contributed by atoms with Crippen molar-refractivity contribution in [3.8, 4) is 17.2 Å². The van der Waals surface area contributed by atoms with Crippen molar-refractivity contribution in [3.05, 3.63) is 83.2 Å². The van der Waals surface area contributed by atoms with Gasteiger partial charge in [0.25, 0.3) is 11.8 Å². The lowest BCUT2D eigenvalue weighted by Crippen LogP contribution is -2.32. The summed E-state index contributed by atoms with van der Waals surface area (Å²) in [5, 5.41) is 0. The van der Waals surface area contributed by atoms with Gasteiger partial charge in [0.1, 0.15) is 0 Å². The van der Waals surface area contributed by atoms with Crippen molar-refractivity contribution in [1.29, 1.82) is 0 Å². The second kappa shape index (κ2) is 12.3. The number of nitrogens with zero attached hydrogens (tertiary/aromatic N) is 1. The smallest absolute Gasteiger partial charge is 0.261 e. The molecule has 3 aromatic carbocycles. The Kier molecular flexibility index (Phi) is 9.14. The van der Waals surface area contributed by atoms with Gasteiger partial charge in [0.05, 0.1) is 18.2 Å². The Bertz CT molecular complexity index is 1170. The third-order valence-corrected chi connectivity index (χ3v) is 6.04. The highest BCUT2D eigenvalue weighted by Crippen LogP contribution is 2.34. The zero-order valence-electron chi connectivity index (χ0n) is 20.3. The minimum atomic E-state index is -0.525. The molecule has 0 bridgehead atoms. The van der Waals surface area contributed by atoms with Crippen molar-refractivity contribution in [2.45, 2.75) is 27.2 Å². The Morgan fingerprint density at radius 1 is 0.914 bits per heavy atom. The molecule has 1 aliphatic heterocycles. The van der Waals surface area contributed by atoms with Crippen LogP contribution in [0.4, 0.5) is 10.1 Å². The highest BCUT2D eigenvalue weighted by Gasteiger charge is 2.34. The first-order chi connectivity index (χ1) is 17.0. The summed E-state index contributed by atoms with van der Waals surface area (Å²) < 4.78 is 28.7. The molecule has 2 amide bonds. The Labute approximate surface area is 209 Å². The monoisotopic (exact) mass is 496 g/mol. The summed E-state index contributed by atoms with van der Waals surface area (Å²) in [6.07, 6.45) is 0.857. The molecule has 0 saturated heterocycles. The summed E-state index contributed by atoms with van der Waals surface area (Å²) >= 11 is 1.28. The molecule has 0 aromatic heterocycles. The molecular formula is C27H29FN2O4S. The largest absolute Gasteiger partial charge is 0.493 e. The predicted molar refractivity (Wildman–Crippen MR) is 138 cm³/mol. The summed E-state index contributed by atoms with van der Waals surface area (Å²) in [6.45, 7) is 6.29. The van der Waals surface area contributed by atoms with E-state index in [1.165, 1.54) is 29.0 Å². The molecule has 184 valence electrons. The Balaban J connectivity index is 0.00000167. The van der Waals surface area contributed by atoms with Gasteiger partial charge in [-0.05, 0) is 48.4 Å². The number of ether oxygens (including phenoxy) is 2. The molecule has 35 heavy (non-hydrogen) atoms. The van der Waals surface area contributed by atoms with Crippen LogP contribution >= 0.6 is 11.9 Å². The van der Waals surface area contributed by atoms with Gasteiger partial charge in [-0.2, -0.15) is 0 Å². The Hall–Kier alpha value is -3.52. The third kappa shape index (κ3) is 5.95. The van der Waals surface area contributed by atoms with Crippen LogP contribution in [0.25, 0.3) is 0 Å². The first-order valence-corrected chi connectivity index (χ1v) is 12.5. The number of aryl methyl sites for hydroxylation is 1. The van der Waals surface area contributed by atoms with E-state index >= 15 is 0 Å². The number of rotatable bonds is 9. The van der Waals surface area contributed by atoms with Gasteiger partial charge in [0.2, 0.25) is 0 Å². The molecule has 0 radical (unpaired) electrons. The number of carbonyl (C=O) groups is 2. The molecule has 0 unspecified atom stereocenters. The van der Waals surface area contributed by atoms with E-state index in [1.807, 2.05) is 32.9 Å². The number of amides is 2. The van der Waals surface area contributed by atoms with E-state index in [-0.39, 0.29) is 24.1 Å². The van der Waals surface area contributed by atoms with E-state index in [4.69, 9.17) is 9.47 Å². The topological polar surface area (TPSA) is 67.9 Å². The van der Waals surface area contributed by atoms with Crippen molar-refractivity contribution in [2.24, 2.45) is 0 Å². The number of fused-ring (bicyclic) bond motifs is 1. The summed E-state index contributed by atoms with van der Waals surface area (Å²) in [5.74, 6) is 0.412. The normalized spacial score (nSPS) is 12.1. The SMILES string of the molecule is CC.CCc1ccc(Oc2ccc(NSCCN3C(=O)c4ccccc4C3=O)cc2F)c(OC)c1. The lowest BCUT2D eigenvalue weighted by molar-refractivity contribution is 0.0664. The molecule has 3 aromatic rings.